The van der Waals surface area contributed by atoms with Gasteiger partial charge in [-0.05, 0) is 41.3 Å². The molecule has 0 spiro atoms. The summed E-state index contributed by atoms with van der Waals surface area (Å²) >= 11 is 0. The van der Waals surface area contributed by atoms with Gasteiger partial charge in [0.25, 0.3) is 0 Å². The van der Waals surface area contributed by atoms with Crippen LogP contribution >= 0.6 is 0 Å². The third-order valence-corrected chi connectivity index (χ3v) is 6.21. The molecular formula is C25H27N. The normalized spacial score (nSPS) is 21.1. The van der Waals surface area contributed by atoms with Crippen molar-refractivity contribution < 1.29 is 0 Å². The van der Waals surface area contributed by atoms with Crippen LogP contribution in [-0.2, 0) is 10.8 Å². The second kappa shape index (κ2) is 5.48. The molecule has 0 aliphatic carbocycles. The minimum atomic E-state index is -0.0825. The van der Waals surface area contributed by atoms with Gasteiger partial charge in [0.15, 0.2) is 0 Å². The van der Waals surface area contributed by atoms with Gasteiger partial charge in [0, 0.05) is 10.8 Å². The number of fused-ring (bicyclic) bond motifs is 5. The van der Waals surface area contributed by atoms with Crippen LogP contribution in [0.25, 0.3) is 0 Å². The fourth-order valence-corrected chi connectivity index (χ4v) is 4.88. The van der Waals surface area contributed by atoms with E-state index in [9.17, 15) is 0 Å². The predicted molar refractivity (Wildman–Crippen MR) is 112 cm³/mol. The Morgan fingerprint density at radius 3 is 1.81 bits per heavy atom. The standard InChI is InChI=1S/C25H27N/c1-7-17-23-18(8-2)25(5,6)20-14-10-12-16-22(20)26(23)21-15-11-9-13-19(21)24(17,3)4/h7-16H,1H2,2-6H3/b18-8+. The van der Waals surface area contributed by atoms with E-state index in [0.29, 0.717) is 0 Å². The molecule has 0 bridgehead atoms. The molecule has 2 aliphatic rings. The zero-order valence-electron chi connectivity index (χ0n) is 16.4. The smallest absolute Gasteiger partial charge is 0.0540 e. The lowest BCUT2D eigenvalue weighted by molar-refractivity contribution is 0.574. The van der Waals surface area contributed by atoms with Crippen LogP contribution in [0, 0.1) is 0 Å². The third kappa shape index (κ3) is 1.97. The lowest BCUT2D eigenvalue weighted by Crippen LogP contribution is -2.42. The molecule has 0 N–H and O–H groups in total. The van der Waals surface area contributed by atoms with Crippen molar-refractivity contribution in [2.24, 2.45) is 0 Å². The Hall–Kier alpha value is -2.54. The van der Waals surface area contributed by atoms with Gasteiger partial charge in [-0.2, -0.15) is 0 Å². The second-order valence-corrected chi connectivity index (χ2v) is 8.29. The maximum absolute atomic E-state index is 4.20. The molecule has 0 saturated carbocycles. The molecule has 2 heterocycles. The summed E-state index contributed by atoms with van der Waals surface area (Å²) in [5.74, 6) is 0. The molecule has 2 aromatic rings. The van der Waals surface area contributed by atoms with E-state index in [-0.39, 0.29) is 10.8 Å². The molecule has 0 atom stereocenters. The summed E-state index contributed by atoms with van der Waals surface area (Å²) in [6.45, 7) is 15.7. The first-order valence-corrected chi connectivity index (χ1v) is 9.39. The lowest BCUT2D eigenvalue weighted by atomic mass is 9.65. The molecule has 4 rings (SSSR count). The number of rotatable bonds is 1. The Bertz CT molecular complexity index is 969. The number of para-hydroxylation sites is 2. The zero-order valence-corrected chi connectivity index (χ0v) is 16.4. The first-order valence-electron chi connectivity index (χ1n) is 9.39. The first kappa shape index (κ1) is 16.9. The number of anilines is 2. The van der Waals surface area contributed by atoms with Crippen LogP contribution < -0.4 is 4.90 Å². The summed E-state index contributed by atoms with van der Waals surface area (Å²) in [4.78, 5) is 2.45. The minimum Gasteiger partial charge on any atom is -0.309 e. The van der Waals surface area contributed by atoms with Gasteiger partial charge in [-0.15, -0.1) is 0 Å². The minimum absolute atomic E-state index is 0.0478. The Balaban J connectivity index is 2.20. The highest BCUT2D eigenvalue weighted by Crippen LogP contribution is 2.57. The second-order valence-electron chi connectivity index (χ2n) is 8.29. The van der Waals surface area contributed by atoms with Crippen molar-refractivity contribution >= 4 is 11.4 Å². The first-order chi connectivity index (χ1) is 12.4. The molecule has 0 unspecified atom stereocenters. The fraction of sp³-hybridized carbons (Fsp3) is 0.280. The van der Waals surface area contributed by atoms with Crippen LogP contribution in [0.5, 0.6) is 0 Å². The van der Waals surface area contributed by atoms with Crippen molar-refractivity contribution in [1.82, 2.24) is 0 Å². The molecule has 2 aromatic carbocycles. The highest BCUT2D eigenvalue weighted by Gasteiger charge is 2.46. The molecule has 1 heteroatoms. The van der Waals surface area contributed by atoms with Gasteiger partial charge in [-0.25, -0.2) is 0 Å². The number of benzene rings is 2. The number of hydrogen-bond donors (Lipinski definition) is 0. The summed E-state index contributed by atoms with van der Waals surface area (Å²) < 4.78 is 0. The number of allylic oxidation sites excluding steroid dienone is 4. The molecule has 0 saturated heterocycles. The van der Waals surface area contributed by atoms with Crippen molar-refractivity contribution in [3.63, 3.8) is 0 Å². The molecular weight excluding hydrogens is 314 g/mol. The van der Waals surface area contributed by atoms with Gasteiger partial charge >= 0.3 is 0 Å². The van der Waals surface area contributed by atoms with E-state index in [0.717, 1.165) is 0 Å². The summed E-state index contributed by atoms with van der Waals surface area (Å²) in [6.07, 6.45) is 4.34. The van der Waals surface area contributed by atoms with E-state index in [1.807, 2.05) is 0 Å². The molecule has 0 radical (unpaired) electrons. The van der Waals surface area contributed by atoms with Gasteiger partial charge in [0.1, 0.15) is 0 Å². The van der Waals surface area contributed by atoms with E-state index >= 15 is 0 Å². The van der Waals surface area contributed by atoms with E-state index in [1.54, 1.807) is 0 Å². The summed E-state index contributed by atoms with van der Waals surface area (Å²) in [5, 5.41) is 0. The molecule has 132 valence electrons. The quantitative estimate of drug-likeness (QED) is 0.551. The van der Waals surface area contributed by atoms with Gasteiger partial charge in [0.05, 0.1) is 17.1 Å². The highest BCUT2D eigenvalue weighted by molar-refractivity contribution is 5.86. The van der Waals surface area contributed by atoms with Crippen molar-refractivity contribution in [3.8, 4) is 0 Å². The maximum atomic E-state index is 4.20. The summed E-state index contributed by atoms with van der Waals surface area (Å²) in [7, 11) is 0. The van der Waals surface area contributed by atoms with E-state index in [4.69, 9.17) is 0 Å². The summed E-state index contributed by atoms with van der Waals surface area (Å²) in [5.41, 5.74) is 9.11. The topological polar surface area (TPSA) is 3.24 Å². The van der Waals surface area contributed by atoms with E-state index in [1.165, 1.54) is 39.3 Å². The fourth-order valence-electron chi connectivity index (χ4n) is 4.88. The van der Waals surface area contributed by atoms with Gasteiger partial charge in [-0.3, -0.25) is 0 Å². The number of nitrogens with zero attached hydrogens (tertiary/aromatic N) is 1. The molecule has 0 fully saturated rings. The largest absolute Gasteiger partial charge is 0.309 e. The highest BCUT2D eigenvalue weighted by atomic mass is 15.2. The van der Waals surface area contributed by atoms with Crippen molar-refractivity contribution in [2.75, 3.05) is 4.90 Å². The maximum Gasteiger partial charge on any atom is 0.0540 e. The Morgan fingerprint density at radius 1 is 0.808 bits per heavy atom. The van der Waals surface area contributed by atoms with Gasteiger partial charge < -0.3 is 4.90 Å². The van der Waals surface area contributed by atoms with Crippen LogP contribution in [0.4, 0.5) is 11.4 Å². The molecule has 26 heavy (non-hydrogen) atoms. The van der Waals surface area contributed by atoms with E-state index in [2.05, 4.69) is 107 Å². The Morgan fingerprint density at radius 2 is 1.31 bits per heavy atom. The SMILES string of the molecule is C=CC1=C2/C(=C\C)C(C)(C)c3ccccc3N2c2ccccc2C1(C)C. The molecule has 1 nitrogen and oxygen atoms in total. The average Bonchev–Trinajstić information content (AvgIpc) is 2.62. The van der Waals surface area contributed by atoms with Gasteiger partial charge in [0.2, 0.25) is 0 Å². The molecule has 2 aliphatic heterocycles. The van der Waals surface area contributed by atoms with Crippen LogP contribution in [0.2, 0.25) is 0 Å². The van der Waals surface area contributed by atoms with Crippen LogP contribution in [-0.4, -0.2) is 0 Å². The predicted octanol–water partition coefficient (Wildman–Crippen LogP) is 6.79. The third-order valence-electron chi connectivity index (χ3n) is 6.21. The Kier molecular flexibility index (Phi) is 3.56. The number of hydrogen-bond acceptors (Lipinski definition) is 1. The average molecular weight is 341 g/mol. The van der Waals surface area contributed by atoms with Crippen molar-refractivity contribution in [1.29, 1.82) is 0 Å². The molecule has 0 aromatic heterocycles. The van der Waals surface area contributed by atoms with Crippen molar-refractivity contribution in [2.45, 2.75) is 45.4 Å². The molecule has 0 amide bonds. The summed E-state index contributed by atoms with van der Waals surface area (Å²) in [6, 6.07) is 17.6. The van der Waals surface area contributed by atoms with Crippen molar-refractivity contribution in [3.05, 3.63) is 95.2 Å². The van der Waals surface area contributed by atoms with Gasteiger partial charge in [-0.1, -0.05) is 82.8 Å². The van der Waals surface area contributed by atoms with Crippen LogP contribution in [0.1, 0.15) is 45.7 Å². The Labute approximate surface area is 157 Å². The van der Waals surface area contributed by atoms with Crippen LogP contribution in [0.15, 0.2) is 84.1 Å². The zero-order chi connectivity index (χ0) is 18.7. The monoisotopic (exact) mass is 341 g/mol. The van der Waals surface area contributed by atoms with E-state index < -0.39 is 0 Å². The van der Waals surface area contributed by atoms with Crippen LogP contribution in [0.3, 0.4) is 0 Å². The lowest BCUT2D eigenvalue weighted by Gasteiger charge is -2.50.